The van der Waals surface area contributed by atoms with E-state index in [2.05, 4.69) is 0 Å². The maximum atomic E-state index is 12.7. The fourth-order valence-corrected chi connectivity index (χ4v) is 3.00. The van der Waals surface area contributed by atoms with Crippen LogP contribution in [0.3, 0.4) is 0 Å². The Balaban J connectivity index is 1.86. The van der Waals surface area contributed by atoms with Gasteiger partial charge in [0.25, 0.3) is 5.91 Å². The van der Waals surface area contributed by atoms with Gasteiger partial charge in [-0.05, 0) is 31.2 Å². The molecule has 0 spiro atoms. The summed E-state index contributed by atoms with van der Waals surface area (Å²) in [5.74, 6) is -1.87. The lowest BCUT2D eigenvalue weighted by molar-refractivity contribution is -0.158. The van der Waals surface area contributed by atoms with Gasteiger partial charge in [-0.15, -0.1) is 0 Å². The molecule has 1 amide bonds. The van der Waals surface area contributed by atoms with Crippen molar-refractivity contribution in [1.29, 1.82) is 0 Å². The Labute approximate surface area is 162 Å². The van der Waals surface area contributed by atoms with Gasteiger partial charge in [-0.2, -0.15) is 13.2 Å². The van der Waals surface area contributed by atoms with Crippen LogP contribution >= 0.6 is 0 Å². The molecule has 3 rings (SSSR count). The Kier molecular flexibility index (Phi) is 5.58. The van der Waals surface area contributed by atoms with Crippen LogP contribution in [0, 0.1) is 0 Å². The summed E-state index contributed by atoms with van der Waals surface area (Å²) in [6.45, 7) is -0.647. The summed E-state index contributed by atoms with van der Waals surface area (Å²) in [6, 6.07) is 13.5. The fraction of sp³-hybridized carbons (Fsp3) is 0.250. The molecule has 9 heteroatoms. The minimum atomic E-state index is -4.56. The van der Waals surface area contributed by atoms with Crippen LogP contribution in [0.1, 0.15) is 6.92 Å². The van der Waals surface area contributed by atoms with Crippen LogP contribution in [-0.2, 0) is 20.9 Å². The molecule has 1 heterocycles. The lowest BCUT2D eigenvalue weighted by Crippen LogP contribution is -2.41. The molecular weight excluding hydrogens is 389 g/mol. The average Bonchev–Trinajstić information content (AvgIpc) is 2.68. The number of benzene rings is 2. The Morgan fingerprint density at radius 1 is 1.03 bits per heavy atom. The number of alkyl halides is 3. The molecule has 1 aromatic heterocycles. The predicted molar refractivity (Wildman–Crippen MR) is 100 cm³/mol. The Morgan fingerprint density at radius 3 is 2.07 bits per heavy atom. The van der Waals surface area contributed by atoms with Crippen LogP contribution < -0.4 is 10.7 Å². The van der Waals surface area contributed by atoms with E-state index in [4.69, 9.17) is 4.74 Å². The number of nitrogens with one attached hydrogen (secondary N) is 1. The molecular formula is C20H17F3N2O4. The zero-order chi connectivity index (χ0) is 21.2. The van der Waals surface area contributed by atoms with E-state index in [-0.39, 0.29) is 12.0 Å². The first-order valence-electron chi connectivity index (χ1n) is 8.71. The predicted octanol–water partition coefficient (Wildman–Crippen LogP) is 2.76. The lowest BCUT2D eigenvalue weighted by atomic mass is 10.1. The highest BCUT2D eigenvalue weighted by atomic mass is 19.4. The van der Waals surface area contributed by atoms with E-state index in [1.165, 1.54) is 6.92 Å². The van der Waals surface area contributed by atoms with Crippen molar-refractivity contribution in [2.75, 3.05) is 6.54 Å². The molecule has 0 radical (unpaired) electrons. The quantitative estimate of drug-likeness (QED) is 0.522. The first-order chi connectivity index (χ1) is 13.7. The molecule has 3 aromatic rings. The Bertz CT molecular complexity index is 1080. The Morgan fingerprint density at radius 2 is 1.55 bits per heavy atom. The second kappa shape index (κ2) is 7.94. The number of hydrogen-bond acceptors (Lipinski definition) is 4. The minimum Gasteiger partial charge on any atom is -0.451 e. The van der Waals surface area contributed by atoms with Crippen LogP contribution in [-0.4, -0.2) is 35.3 Å². The number of carbonyl (C=O) groups excluding carboxylic acids is 2. The van der Waals surface area contributed by atoms with Crippen LogP contribution in [0.15, 0.2) is 53.3 Å². The van der Waals surface area contributed by atoms with Crippen molar-refractivity contribution >= 4 is 33.7 Å². The maximum absolute atomic E-state index is 12.7. The van der Waals surface area contributed by atoms with E-state index in [0.29, 0.717) is 21.8 Å². The molecule has 2 aromatic carbocycles. The topological polar surface area (TPSA) is 77.4 Å². The first-order valence-corrected chi connectivity index (χ1v) is 8.71. The molecule has 29 heavy (non-hydrogen) atoms. The molecule has 0 fully saturated rings. The molecule has 0 bridgehead atoms. The van der Waals surface area contributed by atoms with Crippen LogP contribution in [0.25, 0.3) is 21.8 Å². The number of pyridine rings is 1. The summed E-state index contributed by atoms with van der Waals surface area (Å²) in [4.78, 5) is 36.8. The number of amides is 1. The molecule has 0 saturated heterocycles. The molecule has 1 atom stereocenters. The number of esters is 1. The van der Waals surface area contributed by atoms with Gasteiger partial charge >= 0.3 is 12.1 Å². The van der Waals surface area contributed by atoms with Crippen molar-refractivity contribution < 1.29 is 27.5 Å². The third-order valence-corrected chi connectivity index (χ3v) is 4.31. The third kappa shape index (κ3) is 4.56. The number of nitrogens with zero attached hydrogens (tertiary/aromatic N) is 1. The monoisotopic (exact) mass is 406 g/mol. The number of hydrogen-bond donors (Lipinski definition) is 1. The molecule has 1 N–H and O–H groups in total. The highest BCUT2D eigenvalue weighted by Crippen LogP contribution is 2.19. The van der Waals surface area contributed by atoms with Crippen molar-refractivity contribution in [1.82, 2.24) is 9.88 Å². The summed E-state index contributed by atoms with van der Waals surface area (Å²) < 4.78 is 43.2. The van der Waals surface area contributed by atoms with Crippen molar-refractivity contribution in [2.24, 2.45) is 0 Å². The van der Waals surface area contributed by atoms with Gasteiger partial charge in [0.2, 0.25) is 0 Å². The van der Waals surface area contributed by atoms with Gasteiger partial charge in [-0.25, -0.2) is 0 Å². The Hall–Kier alpha value is -3.36. The van der Waals surface area contributed by atoms with Gasteiger partial charge in [0, 0.05) is 10.8 Å². The smallest absolute Gasteiger partial charge is 0.405 e. The second-order valence-corrected chi connectivity index (χ2v) is 6.41. The van der Waals surface area contributed by atoms with Crippen LogP contribution in [0.2, 0.25) is 0 Å². The number of halogens is 3. The largest absolute Gasteiger partial charge is 0.451 e. The van der Waals surface area contributed by atoms with Crippen LogP contribution in [0.5, 0.6) is 0 Å². The van der Waals surface area contributed by atoms with Gasteiger partial charge in [0.15, 0.2) is 11.5 Å². The van der Waals surface area contributed by atoms with Gasteiger partial charge in [0.05, 0.1) is 11.0 Å². The normalized spacial score (nSPS) is 12.7. The summed E-state index contributed by atoms with van der Waals surface area (Å²) in [6.07, 6.45) is -5.96. The highest BCUT2D eigenvalue weighted by Gasteiger charge is 2.29. The van der Waals surface area contributed by atoms with Crippen molar-refractivity contribution in [3.05, 3.63) is 58.8 Å². The van der Waals surface area contributed by atoms with E-state index in [1.54, 1.807) is 58.4 Å². The van der Waals surface area contributed by atoms with E-state index in [9.17, 15) is 27.6 Å². The molecule has 0 unspecified atom stereocenters. The van der Waals surface area contributed by atoms with Crippen molar-refractivity contribution in [3.8, 4) is 0 Å². The van der Waals surface area contributed by atoms with E-state index < -0.39 is 30.7 Å². The van der Waals surface area contributed by atoms with Crippen molar-refractivity contribution in [3.63, 3.8) is 0 Å². The zero-order valence-electron chi connectivity index (χ0n) is 15.3. The third-order valence-electron chi connectivity index (χ3n) is 4.31. The first kappa shape index (κ1) is 20.4. The molecule has 152 valence electrons. The zero-order valence-corrected chi connectivity index (χ0v) is 15.3. The van der Waals surface area contributed by atoms with Crippen LogP contribution in [0.4, 0.5) is 13.2 Å². The number of fused-ring (bicyclic) bond motifs is 2. The molecule has 0 saturated carbocycles. The summed E-state index contributed by atoms with van der Waals surface area (Å²) in [5, 5.41) is 2.49. The van der Waals surface area contributed by atoms with Gasteiger partial charge in [-0.3, -0.25) is 14.4 Å². The maximum Gasteiger partial charge on any atom is 0.405 e. The number of ether oxygens (including phenoxy) is 1. The summed E-state index contributed by atoms with van der Waals surface area (Å²) in [7, 11) is 0. The molecule has 0 aliphatic heterocycles. The van der Waals surface area contributed by atoms with E-state index >= 15 is 0 Å². The SMILES string of the molecule is C[C@@H](OC(=O)Cn1c2ccccc2c(=O)c2ccccc21)C(=O)NCC(F)(F)F. The summed E-state index contributed by atoms with van der Waals surface area (Å²) >= 11 is 0. The van der Waals surface area contributed by atoms with Gasteiger partial charge < -0.3 is 14.6 Å². The molecule has 0 aliphatic carbocycles. The number of aromatic nitrogens is 1. The van der Waals surface area contributed by atoms with Crippen molar-refractivity contribution in [2.45, 2.75) is 25.7 Å². The number of carbonyl (C=O) groups is 2. The fourth-order valence-electron chi connectivity index (χ4n) is 3.00. The van der Waals surface area contributed by atoms with E-state index in [1.807, 2.05) is 0 Å². The average molecular weight is 406 g/mol. The molecule has 6 nitrogen and oxygen atoms in total. The second-order valence-electron chi connectivity index (χ2n) is 6.41. The molecule has 0 aliphatic rings. The van der Waals surface area contributed by atoms with Gasteiger partial charge in [-0.1, -0.05) is 24.3 Å². The number of para-hydroxylation sites is 2. The summed E-state index contributed by atoms with van der Waals surface area (Å²) in [5.41, 5.74) is 0.824. The number of rotatable bonds is 5. The minimum absolute atomic E-state index is 0.180. The lowest BCUT2D eigenvalue weighted by Gasteiger charge is -2.17. The highest BCUT2D eigenvalue weighted by molar-refractivity contribution is 5.94. The van der Waals surface area contributed by atoms with E-state index in [0.717, 1.165) is 0 Å². The standard InChI is InChI=1S/C20H17F3N2O4/c1-12(19(28)24-11-20(21,22)23)29-17(26)10-25-15-8-4-2-6-13(15)18(27)14-7-3-5-9-16(14)25/h2-9,12H,10-11H2,1H3,(H,24,28)/t12-/m1/s1. The van der Waals surface area contributed by atoms with Gasteiger partial charge in [0.1, 0.15) is 13.1 Å².